The summed E-state index contributed by atoms with van der Waals surface area (Å²) in [4.78, 5) is 11.3. The second-order valence-electron chi connectivity index (χ2n) is 4.49. The summed E-state index contributed by atoms with van der Waals surface area (Å²) >= 11 is 0. The maximum Gasteiger partial charge on any atom is 0.306 e. The van der Waals surface area contributed by atoms with Crippen LogP contribution in [-0.2, 0) is 9.53 Å². The maximum atomic E-state index is 11.3. The summed E-state index contributed by atoms with van der Waals surface area (Å²) in [6.45, 7) is 1.31. The number of hydrogen-bond donors (Lipinski definition) is 2. The molecule has 1 heterocycles. The van der Waals surface area contributed by atoms with Crippen molar-refractivity contribution in [3.8, 4) is 0 Å². The summed E-state index contributed by atoms with van der Waals surface area (Å²) < 4.78 is 5.13. The van der Waals surface area contributed by atoms with Crippen LogP contribution < -0.4 is 10.4 Å². The third-order valence-electron chi connectivity index (χ3n) is 3.28. The Labute approximate surface area is 98.7 Å². The number of esters is 1. The molecule has 2 N–H and O–H groups in total. The first-order chi connectivity index (χ1) is 7.86. The molecule has 2 fully saturated rings. The summed E-state index contributed by atoms with van der Waals surface area (Å²) in [5.41, 5.74) is 0. The largest absolute Gasteiger partial charge is 0.464 e. The van der Waals surface area contributed by atoms with E-state index in [0.29, 0.717) is 33.8 Å². The van der Waals surface area contributed by atoms with Gasteiger partial charge in [-0.05, 0) is 19.0 Å². The predicted molar refractivity (Wildman–Crippen MR) is 65.9 cm³/mol. The van der Waals surface area contributed by atoms with Crippen molar-refractivity contribution in [1.29, 1.82) is 0 Å². The highest BCUT2D eigenvalue weighted by Gasteiger charge is 2.24. The molecule has 92 valence electrons. The molecule has 0 radical (unpaired) electrons. The molecule has 1 aliphatic carbocycles. The molecule has 5 heteroatoms. The van der Waals surface area contributed by atoms with Crippen LogP contribution in [0.3, 0.4) is 0 Å². The van der Waals surface area contributed by atoms with Crippen molar-refractivity contribution in [3.05, 3.63) is 0 Å². The van der Waals surface area contributed by atoms with Crippen LogP contribution in [0.2, 0.25) is 0 Å². The molecule has 2 aliphatic rings. The molecule has 0 aromatic heterocycles. The lowest BCUT2D eigenvalue weighted by atomic mass is 9.91. The highest BCUT2D eigenvalue weighted by molar-refractivity contribution is 7.35. The molecule has 4 nitrogen and oxygen atoms in total. The minimum Gasteiger partial charge on any atom is -0.464 e. The van der Waals surface area contributed by atoms with Crippen LogP contribution in [0.4, 0.5) is 0 Å². The third-order valence-corrected chi connectivity index (χ3v) is 4.35. The van der Waals surface area contributed by atoms with Gasteiger partial charge in [0.2, 0.25) is 0 Å². The van der Waals surface area contributed by atoms with Crippen LogP contribution in [0.15, 0.2) is 0 Å². The Morgan fingerprint density at radius 3 is 2.94 bits per heavy atom. The van der Waals surface area contributed by atoms with Gasteiger partial charge in [0.1, 0.15) is 6.61 Å². The van der Waals surface area contributed by atoms with Crippen LogP contribution in [0.5, 0.6) is 0 Å². The van der Waals surface area contributed by atoms with Crippen LogP contribution >= 0.6 is 8.73 Å². The lowest BCUT2D eigenvalue weighted by molar-refractivity contribution is -0.143. The SMILES string of the molecule is O=C1CCPNC2CCCCC2NCCO1. The standard InChI is InChI=1S/C11H21N2O2P/c14-11-5-8-16-13-10-4-2-1-3-9(10)12-6-7-15-11/h9-10,12-13,16H,1-8H2. The van der Waals surface area contributed by atoms with Crippen molar-refractivity contribution in [2.24, 2.45) is 0 Å². The number of cyclic esters (lactones) is 1. The number of hydrogen-bond acceptors (Lipinski definition) is 4. The van der Waals surface area contributed by atoms with E-state index in [1.807, 2.05) is 0 Å². The minimum absolute atomic E-state index is 0.0547. The number of ether oxygens (including phenoxy) is 1. The molecule has 3 atom stereocenters. The molecular formula is C11H21N2O2P. The fourth-order valence-corrected chi connectivity index (χ4v) is 3.48. The quantitative estimate of drug-likeness (QED) is 0.493. The second kappa shape index (κ2) is 6.53. The Balaban J connectivity index is 1.87. The first kappa shape index (κ1) is 12.3. The molecule has 0 amide bonds. The second-order valence-corrected chi connectivity index (χ2v) is 5.64. The van der Waals surface area contributed by atoms with Crippen molar-refractivity contribution >= 4 is 14.7 Å². The zero-order valence-electron chi connectivity index (χ0n) is 9.63. The summed E-state index contributed by atoms with van der Waals surface area (Å²) in [6.07, 6.45) is 6.63. The highest BCUT2D eigenvalue weighted by atomic mass is 31.1. The van der Waals surface area contributed by atoms with Gasteiger partial charge < -0.3 is 10.1 Å². The molecule has 0 aromatic carbocycles. The zero-order chi connectivity index (χ0) is 11.2. The molecule has 0 bridgehead atoms. The van der Waals surface area contributed by atoms with Gasteiger partial charge in [-0.15, -0.1) is 0 Å². The molecule has 2 rings (SSSR count). The molecular weight excluding hydrogens is 223 g/mol. The van der Waals surface area contributed by atoms with Crippen molar-refractivity contribution in [3.63, 3.8) is 0 Å². The van der Waals surface area contributed by atoms with E-state index in [2.05, 4.69) is 10.4 Å². The number of rotatable bonds is 0. The van der Waals surface area contributed by atoms with Gasteiger partial charge in [0.15, 0.2) is 0 Å². The van der Waals surface area contributed by atoms with Crippen LogP contribution in [0.1, 0.15) is 32.1 Å². The van der Waals surface area contributed by atoms with Crippen LogP contribution in [0.25, 0.3) is 0 Å². The fourth-order valence-electron chi connectivity index (χ4n) is 2.40. The van der Waals surface area contributed by atoms with Gasteiger partial charge in [0.25, 0.3) is 0 Å². The monoisotopic (exact) mass is 244 g/mol. The number of carbonyl (C=O) groups excluding carboxylic acids is 1. The first-order valence-corrected chi connectivity index (χ1v) is 7.44. The Morgan fingerprint density at radius 1 is 1.25 bits per heavy atom. The van der Waals surface area contributed by atoms with Crippen molar-refractivity contribution in [1.82, 2.24) is 10.4 Å². The van der Waals surface area contributed by atoms with Gasteiger partial charge in [-0.3, -0.25) is 9.88 Å². The van der Waals surface area contributed by atoms with Crippen molar-refractivity contribution in [2.75, 3.05) is 19.3 Å². The molecule has 0 aromatic rings. The van der Waals surface area contributed by atoms with E-state index in [1.165, 1.54) is 25.7 Å². The summed E-state index contributed by atoms with van der Waals surface area (Å²) in [6, 6.07) is 1.17. The van der Waals surface area contributed by atoms with Gasteiger partial charge in [-0.1, -0.05) is 21.6 Å². The Kier molecular flexibility index (Phi) is 5.01. The van der Waals surface area contributed by atoms with E-state index < -0.39 is 0 Å². The van der Waals surface area contributed by atoms with E-state index in [0.717, 1.165) is 12.7 Å². The molecule has 1 aliphatic heterocycles. The Morgan fingerprint density at radius 2 is 2.06 bits per heavy atom. The average molecular weight is 244 g/mol. The molecule has 16 heavy (non-hydrogen) atoms. The minimum atomic E-state index is -0.0547. The van der Waals surface area contributed by atoms with E-state index in [-0.39, 0.29) is 5.97 Å². The van der Waals surface area contributed by atoms with E-state index in [4.69, 9.17) is 4.74 Å². The number of carbonyl (C=O) groups is 1. The van der Waals surface area contributed by atoms with E-state index >= 15 is 0 Å². The number of fused-ring (bicyclic) bond motifs is 1. The topological polar surface area (TPSA) is 50.4 Å². The third kappa shape index (κ3) is 3.69. The lowest BCUT2D eigenvalue weighted by Crippen LogP contribution is -2.48. The van der Waals surface area contributed by atoms with Gasteiger partial charge in [-0.2, -0.15) is 0 Å². The Bertz CT molecular complexity index is 216. The molecule has 1 saturated carbocycles. The zero-order valence-corrected chi connectivity index (χ0v) is 10.6. The van der Waals surface area contributed by atoms with Gasteiger partial charge >= 0.3 is 5.97 Å². The summed E-state index contributed by atoms with van der Waals surface area (Å²) in [5.74, 6) is -0.0547. The van der Waals surface area contributed by atoms with Crippen LogP contribution in [-0.4, -0.2) is 37.4 Å². The summed E-state index contributed by atoms with van der Waals surface area (Å²) in [7, 11) is 0.685. The van der Waals surface area contributed by atoms with Crippen LogP contribution in [0, 0.1) is 0 Å². The van der Waals surface area contributed by atoms with E-state index in [1.54, 1.807) is 0 Å². The predicted octanol–water partition coefficient (Wildman–Crippen LogP) is 1.02. The first-order valence-electron chi connectivity index (χ1n) is 6.23. The summed E-state index contributed by atoms with van der Waals surface area (Å²) in [5, 5.41) is 7.10. The number of nitrogens with one attached hydrogen (secondary N) is 2. The maximum absolute atomic E-state index is 11.3. The van der Waals surface area contributed by atoms with Crippen molar-refractivity contribution < 1.29 is 9.53 Å². The molecule has 0 spiro atoms. The lowest BCUT2D eigenvalue weighted by Gasteiger charge is -2.32. The van der Waals surface area contributed by atoms with E-state index in [9.17, 15) is 4.79 Å². The Hall–Kier alpha value is -0.180. The normalized spacial score (nSPS) is 34.9. The van der Waals surface area contributed by atoms with Crippen molar-refractivity contribution in [2.45, 2.75) is 44.2 Å². The molecule has 3 unspecified atom stereocenters. The smallest absolute Gasteiger partial charge is 0.306 e. The fraction of sp³-hybridized carbons (Fsp3) is 0.909. The average Bonchev–Trinajstić information content (AvgIpc) is 2.34. The van der Waals surface area contributed by atoms with Gasteiger partial charge in [0.05, 0.1) is 6.42 Å². The molecule has 1 saturated heterocycles. The van der Waals surface area contributed by atoms with Gasteiger partial charge in [-0.25, -0.2) is 0 Å². The highest BCUT2D eigenvalue weighted by Crippen LogP contribution is 2.22. The van der Waals surface area contributed by atoms with Gasteiger partial charge in [0, 0.05) is 18.6 Å².